The van der Waals surface area contributed by atoms with Crippen molar-refractivity contribution in [3.8, 4) is 11.4 Å². The van der Waals surface area contributed by atoms with Gasteiger partial charge in [-0.2, -0.15) is 8.78 Å². The second-order valence-corrected chi connectivity index (χ2v) is 10.7. The maximum absolute atomic E-state index is 12.8. The van der Waals surface area contributed by atoms with E-state index in [1.165, 1.54) is 24.3 Å². The van der Waals surface area contributed by atoms with E-state index >= 15 is 0 Å². The largest absolute Gasteiger partial charge is 0.372 e. The van der Waals surface area contributed by atoms with Gasteiger partial charge in [-0.1, -0.05) is 6.07 Å². The summed E-state index contributed by atoms with van der Waals surface area (Å²) in [5, 5.41) is 3.54. The third kappa shape index (κ3) is 6.23. The summed E-state index contributed by atoms with van der Waals surface area (Å²) in [6.07, 6.45) is 3.55. The first-order chi connectivity index (χ1) is 18.8. The third-order valence-electron chi connectivity index (χ3n) is 6.16. The van der Waals surface area contributed by atoms with Crippen molar-refractivity contribution in [2.75, 3.05) is 18.0 Å². The van der Waals surface area contributed by atoms with E-state index in [1.54, 1.807) is 18.5 Å². The molecule has 202 valence electrons. The Morgan fingerprint density at radius 2 is 1.85 bits per heavy atom. The Balaban J connectivity index is 1.32. The number of pyridine rings is 2. The van der Waals surface area contributed by atoms with Crippen LogP contribution in [0.5, 0.6) is 0 Å². The first kappa shape index (κ1) is 26.7. The maximum atomic E-state index is 12.8. The number of aromatic nitrogens is 4. The molecule has 4 heterocycles. The van der Waals surface area contributed by atoms with Crippen LogP contribution in [0.1, 0.15) is 29.9 Å². The molecular weight excluding hydrogens is 526 g/mol. The number of nitrogens with one attached hydrogen (secondary N) is 1. The molecule has 4 aromatic rings. The van der Waals surface area contributed by atoms with Gasteiger partial charge < -0.3 is 15.0 Å². The summed E-state index contributed by atoms with van der Waals surface area (Å²) in [6.45, 7) is 5.55. The van der Waals surface area contributed by atoms with Crippen LogP contribution in [0.15, 0.2) is 65.8 Å². The van der Waals surface area contributed by atoms with Crippen LogP contribution in [0.3, 0.4) is 0 Å². The highest BCUT2D eigenvalue weighted by Gasteiger charge is 2.24. The molecule has 1 amide bonds. The van der Waals surface area contributed by atoms with Gasteiger partial charge in [-0.15, -0.1) is 0 Å². The van der Waals surface area contributed by atoms with Gasteiger partial charge in [-0.25, -0.2) is 19.2 Å². The van der Waals surface area contributed by atoms with E-state index in [4.69, 9.17) is 14.7 Å². The van der Waals surface area contributed by atoms with Gasteiger partial charge in [-0.05, 0) is 56.3 Å². The van der Waals surface area contributed by atoms with E-state index in [1.807, 2.05) is 32.0 Å². The number of rotatable bonds is 7. The van der Waals surface area contributed by atoms with Crippen LogP contribution < -0.4 is 10.2 Å². The number of anilines is 1. The summed E-state index contributed by atoms with van der Waals surface area (Å²) in [6, 6.07) is 12.8. The molecule has 12 heteroatoms. The van der Waals surface area contributed by atoms with Crippen LogP contribution in [-0.2, 0) is 22.1 Å². The van der Waals surface area contributed by atoms with E-state index in [0.29, 0.717) is 41.6 Å². The van der Waals surface area contributed by atoms with Gasteiger partial charge >= 0.3 is 5.76 Å². The SMILES string of the molecule is CC1CN(c2nccc(-c3ccc4cnc(CNC(=O)c5cccc(S(=O)C(F)F)c5)cc4n3)n2)CC(C)O1. The monoisotopic (exact) mass is 552 g/mol. The first-order valence-electron chi connectivity index (χ1n) is 12.3. The number of nitrogens with zero attached hydrogens (tertiary/aromatic N) is 5. The molecule has 0 bridgehead atoms. The van der Waals surface area contributed by atoms with Crippen molar-refractivity contribution in [3.63, 3.8) is 0 Å². The number of fused-ring (bicyclic) bond motifs is 1. The Kier molecular flexibility index (Phi) is 7.84. The highest BCUT2D eigenvalue weighted by molar-refractivity contribution is 7.85. The fourth-order valence-corrected chi connectivity index (χ4v) is 5.08. The molecule has 39 heavy (non-hydrogen) atoms. The maximum Gasteiger partial charge on any atom is 0.316 e. The number of benzene rings is 1. The van der Waals surface area contributed by atoms with Gasteiger partial charge in [0, 0.05) is 41.3 Å². The number of ether oxygens (including phenoxy) is 1. The predicted molar refractivity (Wildman–Crippen MR) is 143 cm³/mol. The molecule has 1 aliphatic rings. The number of carbonyl (C=O) groups is 1. The van der Waals surface area contributed by atoms with Gasteiger partial charge in [0.2, 0.25) is 5.95 Å². The van der Waals surface area contributed by atoms with Gasteiger partial charge in [0.15, 0.2) is 0 Å². The predicted octanol–water partition coefficient (Wildman–Crippen LogP) is 3.96. The van der Waals surface area contributed by atoms with E-state index in [-0.39, 0.29) is 29.2 Å². The topological polar surface area (TPSA) is 110 Å². The molecule has 3 aromatic heterocycles. The number of amides is 1. The van der Waals surface area contributed by atoms with Gasteiger partial charge in [0.25, 0.3) is 5.91 Å². The normalized spacial score (nSPS) is 18.3. The minimum Gasteiger partial charge on any atom is -0.372 e. The number of morpholine rings is 1. The second-order valence-electron chi connectivity index (χ2n) is 9.24. The van der Waals surface area contributed by atoms with Crippen molar-refractivity contribution >= 4 is 33.6 Å². The van der Waals surface area contributed by atoms with Crippen molar-refractivity contribution in [2.24, 2.45) is 0 Å². The number of hydrogen-bond acceptors (Lipinski definition) is 8. The molecular formula is C27H26F2N6O3S. The highest BCUT2D eigenvalue weighted by atomic mass is 32.2. The minimum atomic E-state index is -3.02. The van der Waals surface area contributed by atoms with Crippen molar-refractivity contribution in [1.82, 2.24) is 25.3 Å². The fourth-order valence-electron chi connectivity index (χ4n) is 4.42. The molecule has 1 saturated heterocycles. The first-order valence-corrected chi connectivity index (χ1v) is 13.5. The number of alkyl halides is 2. The average molecular weight is 553 g/mol. The Morgan fingerprint density at radius 3 is 2.62 bits per heavy atom. The standard InChI is InChI=1S/C27H26F2N6O3S/c1-16-14-35(15-17(2)38-16)27-30-9-8-23(34-27)22-7-6-19-12-31-20(11-24(19)33-22)13-32-25(36)18-4-3-5-21(10-18)39(37)26(28)29/h3-12,16-17,26H,13-15H2,1-2H3,(H,32,36). The van der Waals surface area contributed by atoms with E-state index in [9.17, 15) is 17.8 Å². The summed E-state index contributed by atoms with van der Waals surface area (Å²) in [5.41, 5.74) is 2.72. The number of carbonyl (C=O) groups excluding carboxylic acids is 1. The lowest BCUT2D eigenvalue weighted by molar-refractivity contribution is -0.00571. The third-order valence-corrected chi connectivity index (χ3v) is 7.20. The molecule has 3 unspecified atom stereocenters. The molecule has 1 aromatic carbocycles. The van der Waals surface area contributed by atoms with E-state index in [2.05, 4.69) is 20.2 Å². The quantitative estimate of drug-likeness (QED) is 0.367. The number of hydrogen-bond donors (Lipinski definition) is 1. The van der Waals surface area contributed by atoms with Gasteiger partial charge in [0.1, 0.15) is 10.8 Å². The lowest BCUT2D eigenvalue weighted by atomic mass is 10.2. The molecule has 3 atom stereocenters. The molecule has 9 nitrogen and oxygen atoms in total. The van der Waals surface area contributed by atoms with Crippen molar-refractivity contribution < 1.29 is 22.5 Å². The number of halogens is 2. The summed E-state index contributed by atoms with van der Waals surface area (Å²) in [7, 11) is -2.49. The molecule has 0 spiro atoms. The zero-order valence-corrected chi connectivity index (χ0v) is 22.1. The molecule has 0 aliphatic carbocycles. The summed E-state index contributed by atoms with van der Waals surface area (Å²) < 4.78 is 43.1. The zero-order valence-electron chi connectivity index (χ0n) is 21.3. The molecule has 5 rings (SSSR count). The Labute approximate surface area is 226 Å². The van der Waals surface area contributed by atoms with Crippen LogP contribution >= 0.6 is 0 Å². The van der Waals surface area contributed by atoms with E-state index in [0.717, 1.165) is 5.39 Å². The average Bonchev–Trinajstić information content (AvgIpc) is 2.94. The van der Waals surface area contributed by atoms with Gasteiger partial charge in [0.05, 0.1) is 41.4 Å². The van der Waals surface area contributed by atoms with Crippen molar-refractivity contribution in [1.29, 1.82) is 0 Å². The van der Waals surface area contributed by atoms with Crippen molar-refractivity contribution in [2.45, 2.75) is 43.3 Å². The molecule has 0 radical (unpaired) electrons. The molecule has 1 aliphatic heterocycles. The van der Waals surface area contributed by atoms with Crippen LogP contribution in [-0.4, -0.2) is 61.1 Å². The second kappa shape index (κ2) is 11.5. The van der Waals surface area contributed by atoms with Crippen LogP contribution in [0.4, 0.5) is 14.7 Å². The van der Waals surface area contributed by atoms with Crippen LogP contribution in [0, 0.1) is 0 Å². The summed E-state index contributed by atoms with van der Waals surface area (Å²) >= 11 is 0. The summed E-state index contributed by atoms with van der Waals surface area (Å²) in [5.74, 6) is -2.90. The molecule has 1 N–H and O–H groups in total. The van der Waals surface area contributed by atoms with Crippen LogP contribution in [0.2, 0.25) is 0 Å². The van der Waals surface area contributed by atoms with Crippen molar-refractivity contribution in [3.05, 3.63) is 72.2 Å². The summed E-state index contributed by atoms with van der Waals surface area (Å²) in [4.78, 5) is 32.9. The Bertz CT molecular complexity index is 1530. The molecule has 1 fully saturated rings. The van der Waals surface area contributed by atoms with E-state index < -0.39 is 22.5 Å². The lowest BCUT2D eigenvalue weighted by Gasteiger charge is -2.35. The lowest BCUT2D eigenvalue weighted by Crippen LogP contribution is -2.46. The fraction of sp³-hybridized carbons (Fsp3) is 0.296. The molecule has 0 saturated carbocycles. The zero-order chi connectivity index (χ0) is 27.5. The highest BCUT2D eigenvalue weighted by Crippen LogP contribution is 2.23. The Morgan fingerprint density at radius 1 is 1.08 bits per heavy atom. The van der Waals surface area contributed by atoms with Gasteiger partial charge in [-0.3, -0.25) is 9.78 Å². The Hall–Kier alpha value is -3.90. The smallest absolute Gasteiger partial charge is 0.316 e. The van der Waals surface area contributed by atoms with Crippen LogP contribution in [0.25, 0.3) is 22.3 Å². The minimum absolute atomic E-state index is 0.0803.